The molecule has 0 radical (unpaired) electrons. The molecule has 7 nitrogen and oxygen atoms in total. The molecule has 0 saturated heterocycles. The van der Waals surface area contributed by atoms with Crippen molar-refractivity contribution in [3.05, 3.63) is 54.2 Å². The number of rotatable bonds is 12. The van der Waals surface area contributed by atoms with Crippen molar-refractivity contribution >= 4 is 22.8 Å². The summed E-state index contributed by atoms with van der Waals surface area (Å²) in [5, 5.41) is 2.87. The van der Waals surface area contributed by atoms with E-state index in [-0.39, 0.29) is 11.8 Å². The van der Waals surface area contributed by atoms with E-state index >= 15 is 0 Å². The second-order valence-corrected chi connectivity index (χ2v) is 7.82. The lowest BCUT2D eigenvalue weighted by atomic mass is 10.2. The Labute approximate surface area is 183 Å². The molecule has 31 heavy (non-hydrogen) atoms. The number of likely N-dealkylation sites (N-methyl/N-ethyl adjacent to an activating group) is 1. The van der Waals surface area contributed by atoms with Crippen molar-refractivity contribution < 1.29 is 14.0 Å². The molecule has 0 unspecified atom stereocenters. The van der Waals surface area contributed by atoms with Crippen molar-refractivity contribution in [2.45, 2.75) is 52.0 Å². The van der Waals surface area contributed by atoms with Crippen LogP contribution in [0.25, 0.3) is 11.0 Å². The molecule has 0 fully saturated rings. The van der Waals surface area contributed by atoms with Crippen LogP contribution in [0.3, 0.4) is 0 Å². The van der Waals surface area contributed by atoms with Crippen molar-refractivity contribution in [1.82, 2.24) is 19.8 Å². The summed E-state index contributed by atoms with van der Waals surface area (Å²) >= 11 is 0. The highest BCUT2D eigenvalue weighted by atomic mass is 16.3. The van der Waals surface area contributed by atoms with Gasteiger partial charge in [0.15, 0.2) is 5.76 Å². The Morgan fingerprint density at radius 1 is 1.10 bits per heavy atom. The van der Waals surface area contributed by atoms with Crippen molar-refractivity contribution in [2.24, 2.45) is 0 Å². The number of amides is 2. The highest BCUT2D eigenvalue weighted by molar-refractivity contribution is 5.91. The minimum absolute atomic E-state index is 0.110. The molecule has 2 amide bonds. The topological polar surface area (TPSA) is 80.4 Å². The van der Waals surface area contributed by atoms with Gasteiger partial charge >= 0.3 is 0 Å². The van der Waals surface area contributed by atoms with Crippen molar-refractivity contribution in [1.29, 1.82) is 0 Å². The molecule has 166 valence electrons. The SMILES string of the molecule is CCCCN(C)C(=O)Cn1c(CCCCCNC(=O)c2ccco2)nc2ccccc21. The number of nitrogens with zero attached hydrogens (tertiary/aromatic N) is 3. The third kappa shape index (κ3) is 6.20. The summed E-state index contributed by atoms with van der Waals surface area (Å²) in [6.07, 6.45) is 7.16. The highest BCUT2D eigenvalue weighted by Gasteiger charge is 2.16. The zero-order valence-electron chi connectivity index (χ0n) is 18.5. The van der Waals surface area contributed by atoms with Gasteiger partial charge in [0.05, 0.1) is 17.3 Å². The number of hydrogen-bond acceptors (Lipinski definition) is 4. The fourth-order valence-corrected chi connectivity index (χ4v) is 3.55. The molecule has 3 aromatic rings. The van der Waals surface area contributed by atoms with Gasteiger partial charge < -0.3 is 19.2 Å². The van der Waals surface area contributed by atoms with Gasteiger partial charge in [-0.2, -0.15) is 0 Å². The monoisotopic (exact) mass is 424 g/mol. The van der Waals surface area contributed by atoms with Gasteiger partial charge in [-0.3, -0.25) is 9.59 Å². The van der Waals surface area contributed by atoms with Crippen LogP contribution in [-0.4, -0.2) is 46.4 Å². The predicted molar refractivity (Wildman–Crippen MR) is 121 cm³/mol. The first-order valence-corrected chi connectivity index (χ1v) is 11.1. The second kappa shape index (κ2) is 11.3. The van der Waals surface area contributed by atoms with E-state index in [9.17, 15) is 9.59 Å². The van der Waals surface area contributed by atoms with E-state index in [1.54, 1.807) is 12.1 Å². The molecule has 0 aliphatic rings. The highest BCUT2D eigenvalue weighted by Crippen LogP contribution is 2.18. The summed E-state index contributed by atoms with van der Waals surface area (Å²) in [7, 11) is 1.87. The first kappa shape index (κ1) is 22.6. The van der Waals surface area contributed by atoms with E-state index in [0.717, 1.165) is 61.9 Å². The first-order valence-electron chi connectivity index (χ1n) is 11.1. The Balaban J connectivity index is 1.53. The number of nitrogens with one attached hydrogen (secondary N) is 1. The number of furan rings is 1. The smallest absolute Gasteiger partial charge is 0.286 e. The minimum Gasteiger partial charge on any atom is -0.459 e. The Bertz CT molecular complexity index is 978. The largest absolute Gasteiger partial charge is 0.459 e. The van der Waals surface area contributed by atoms with E-state index in [1.165, 1.54) is 6.26 Å². The standard InChI is InChI=1S/C24H32N4O3/c1-3-4-16-27(2)23(29)18-28-20-12-8-7-11-19(20)26-22(28)14-6-5-9-15-25-24(30)21-13-10-17-31-21/h7-8,10-13,17H,3-6,9,14-16,18H2,1-2H3,(H,25,30). The van der Waals surface area contributed by atoms with Gasteiger partial charge in [0.1, 0.15) is 12.4 Å². The first-order chi connectivity index (χ1) is 15.1. The maximum Gasteiger partial charge on any atom is 0.286 e. The van der Waals surface area contributed by atoms with Gasteiger partial charge in [0.2, 0.25) is 5.91 Å². The summed E-state index contributed by atoms with van der Waals surface area (Å²) in [6.45, 7) is 3.83. The summed E-state index contributed by atoms with van der Waals surface area (Å²) < 4.78 is 7.14. The van der Waals surface area contributed by atoms with Crippen LogP contribution in [0.2, 0.25) is 0 Å². The van der Waals surface area contributed by atoms with Crippen LogP contribution in [-0.2, 0) is 17.8 Å². The summed E-state index contributed by atoms with van der Waals surface area (Å²) in [6, 6.07) is 11.3. The van der Waals surface area contributed by atoms with Gasteiger partial charge in [0.25, 0.3) is 5.91 Å². The number of aryl methyl sites for hydroxylation is 1. The molecule has 0 aliphatic heterocycles. The number of benzene rings is 1. The summed E-state index contributed by atoms with van der Waals surface area (Å²) in [5.41, 5.74) is 1.92. The molecule has 0 aliphatic carbocycles. The van der Waals surface area contributed by atoms with Crippen molar-refractivity contribution in [3.63, 3.8) is 0 Å². The third-order valence-electron chi connectivity index (χ3n) is 5.41. The molecule has 0 atom stereocenters. The van der Waals surface area contributed by atoms with E-state index in [2.05, 4.69) is 16.8 Å². The van der Waals surface area contributed by atoms with Gasteiger partial charge in [-0.15, -0.1) is 0 Å². The molecule has 0 saturated carbocycles. The normalized spacial score (nSPS) is 11.0. The molecular weight excluding hydrogens is 392 g/mol. The summed E-state index contributed by atoms with van der Waals surface area (Å²) in [4.78, 5) is 31.2. The van der Waals surface area contributed by atoms with Gasteiger partial charge in [0, 0.05) is 26.6 Å². The fraction of sp³-hybridized carbons (Fsp3) is 0.458. The fourth-order valence-electron chi connectivity index (χ4n) is 3.55. The van der Waals surface area contributed by atoms with Crippen LogP contribution < -0.4 is 5.32 Å². The zero-order valence-corrected chi connectivity index (χ0v) is 18.5. The van der Waals surface area contributed by atoms with Crippen LogP contribution in [0.4, 0.5) is 0 Å². The number of carbonyl (C=O) groups is 2. The minimum atomic E-state index is -0.183. The van der Waals surface area contributed by atoms with Crippen molar-refractivity contribution in [2.75, 3.05) is 20.1 Å². The lowest BCUT2D eigenvalue weighted by molar-refractivity contribution is -0.130. The predicted octanol–water partition coefficient (Wildman–Crippen LogP) is 4.03. The lowest BCUT2D eigenvalue weighted by Crippen LogP contribution is -2.31. The molecule has 2 heterocycles. The van der Waals surface area contributed by atoms with Crippen LogP contribution in [0.5, 0.6) is 0 Å². The number of para-hydroxylation sites is 2. The molecule has 0 bridgehead atoms. The molecule has 1 N–H and O–H groups in total. The molecule has 3 rings (SSSR count). The maximum absolute atomic E-state index is 12.7. The third-order valence-corrected chi connectivity index (χ3v) is 5.41. The van der Waals surface area contributed by atoms with Crippen LogP contribution in [0.15, 0.2) is 47.1 Å². The second-order valence-electron chi connectivity index (χ2n) is 7.82. The number of hydrogen-bond donors (Lipinski definition) is 1. The van der Waals surface area contributed by atoms with Crippen molar-refractivity contribution in [3.8, 4) is 0 Å². The Kier molecular flexibility index (Phi) is 8.27. The number of aromatic nitrogens is 2. The van der Waals surface area contributed by atoms with Crippen LogP contribution in [0, 0.1) is 0 Å². The van der Waals surface area contributed by atoms with E-state index in [1.807, 2.05) is 36.2 Å². The van der Waals surface area contributed by atoms with Gasteiger partial charge in [-0.25, -0.2) is 4.98 Å². The van der Waals surface area contributed by atoms with E-state index in [4.69, 9.17) is 9.40 Å². The van der Waals surface area contributed by atoms with E-state index in [0.29, 0.717) is 18.8 Å². The Morgan fingerprint density at radius 2 is 1.94 bits per heavy atom. The van der Waals surface area contributed by atoms with E-state index < -0.39 is 0 Å². The number of carbonyl (C=O) groups excluding carboxylic acids is 2. The number of fused-ring (bicyclic) bond motifs is 1. The van der Waals surface area contributed by atoms with Crippen LogP contribution in [0.1, 0.15) is 55.4 Å². The Hall–Kier alpha value is -3.09. The molecule has 2 aromatic heterocycles. The number of imidazole rings is 1. The molecule has 1 aromatic carbocycles. The lowest BCUT2D eigenvalue weighted by Gasteiger charge is -2.18. The average Bonchev–Trinajstić information content (AvgIpc) is 3.43. The molecule has 0 spiro atoms. The molecule has 7 heteroatoms. The van der Waals surface area contributed by atoms with Gasteiger partial charge in [-0.1, -0.05) is 31.9 Å². The van der Waals surface area contributed by atoms with Gasteiger partial charge in [-0.05, 0) is 43.5 Å². The quantitative estimate of drug-likeness (QED) is 0.445. The Morgan fingerprint density at radius 3 is 2.71 bits per heavy atom. The summed E-state index contributed by atoms with van der Waals surface area (Å²) in [5.74, 6) is 1.20. The number of unbranched alkanes of at least 4 members (excludes halogenated alkanes) is 3. The maximum atomic E-state index is 12.7. The zero-order chi connectivity index (χ0) is 22.1. The average molecular weight is 425 g/mol. The molecular formula is C24H32N4O3. The van der Waals surface area contributed by atoms with Crippen LogP contribution >= 0.6 is 0 Å².